The second-order valence-electron chi connectivity index (χ2n) is 5.49. The second kappa shape index (κ2) is 8.20. The molecule has 5 nitrogen and oxygen atoms in total. The minimum absolute atomic E-state index is 0.129. The average Bonchev–Trinajstić information content (AvgIpc) is 2.89. The molecule has 0 spiro atoms. The number of carbonyl (C=O) groups excluding carboxylic acids is 2. The minimum atomic E-state index is -0.470. The van der Waals surface area contributed by atoms with Crippen molar-refractivity contribution in [3.63, 3.8) is 0 Å². The number of methoxy groups -OCH3 is 2. The Morgan fingerprint density at radius 2 is 1.96 bits per heavy atom. The van der Waals surface area contributed by atoms with Crippen molar-refractivity contribution >= 4 is 23.5 Å². The normalized spacial score (nSPS) is 10.6. The first-order chi connectivity index (χ1) is 11.9. The molecule has 0 atom stereocenters. The fourth-order valence-corrected chi connectivity index (χ4v) is 3.50. The number of benzene rings is 1. The molecule has 7 heteroatoms. The molecule has 0 unspecified atom stereocenters. The van der Waals surface area contributed by atoms with Crippen molar-refractivity contribution in [2.24, 2.45) is 0 Å². The molecule has 2 rings (SSSR count). The number of aromatic nitrogens is 1. The number of thioether (sulfide) groups is 1. The molecular formula is C18H20FNO4S. The lowest BCUT2D eigenvalue weighted by Gasteiger charge is -2.08. The molecule has 25 heavy (non-hydrogen) atoms. The van der Waals surface area contributed by atoms with Crippen LogP contribution in [0.2, 0.25) is 0 Å². The van der Waals surface area contributed by atoms with E-state index in [1.165, 1.54) is 38.1 Å². The standard InChI is InChI=1S/C18H20FNO4S/c1-10-16(18(22)24-4)11(2)20-17(10)14(21)9-25-8-12-7-13(19)5-6-15(12)23-3/h5-7,20H,8-9H2,1-4H3. The molecule has 0 aliphatic rings. The van der Waals surface area contributed by atoms with Gasteiger partial charge in [0.1, 0.15) is 11.6 Å². The van der Waals surface area contributed by atoms with Crippen LogP contribution in [0.3, 0.4) is 0 Å². The van der Waals surface area contributed by atoms with E-state index in [0.29, 0.717) is 39.6 Å². The Balaban J connectivity index is 2.07. The number of ketones is 1. The number of aromatic amines is 1. The summed E-state index contributed by atoms with van der Waals surface area (Å²) in [4.78, 5) is 27.2. The summed E-state index contributed by atoms with van der Waals surface area (Å²) >= 11 is 1.35. The average molecular weight is 365 g/mol. The molecule has 0 bridgehead atoms. The number of nitrogens with one attached hydrogen (secondary N) is 1. The van der Waals surface area contributed by atoms with E-state index in [0.717, 1.165) is 0 Å². The minimum Gasteiger partial charge on any atom is -0.496 e. The van der Waals surface area contributed by atoms with Gasteiger partial charge in [0.05, 0.1) is 31.2 Å². The van der Waals surface area contributed by atoms with Crippen molar-refractivity contribution in [3.05, 3.63) is 52.1 Å². The van der Waals surface area contributed by atoms with Crippen LogP contribution < -0.4 is 4.74 Å². The van der Waals surface area contributed by atoms with Gasteiger partial charge in [0.2, 0.25) is 0 Å². The Morgan fingerprint density at radius 3 is 2.60 bits per heavy atom. The van der Waals surface area contributed by atoms with Gasteiger partial charge in [-0.05, 0) is 37.6 Å². The molecule has 0 aliphatic heterocycles. The molecule has 1 heterocycles. The summed E-state index contributed by atoms with van der Waals surface area (Å²) in [6.45, 7) is 3.43. The highest BCUT2D eigenvalue weighted by molar-refractivity contribution is 7.99. The van der Waals surface area contributed by atoms with Crippen LogP contribution in [0, 0.1) is 19.7 Å². The summed E-state index contributed by atoms with van der Waals surface area (Å²) in [6.07, 6.45) is 0. The summed E-state index contributed by atoms with van der Waals surface area (Å²) in [5, 5.41) is 0. The van der Waals surface area contributed by atoms with E-state index in [-0.39, 0.29) is 17.4 Å². The third-order valence-corrected chi connectivity index (χ3v) is 4.82. The highest BCUT2D eigenvalue weighted by Gasteiger charge is 2.22. The topological polar surface area (TPSA) is 68.4 Å². The zero-order valence-corrected chi connectivity index (χ0v) is 15.4. The number of H-pyrrole nitrogens is 1. The van der Waals surface area contributed by atoms with Crippen LogP contribution in [0.15, 0.2) is 18.2 Å². The fourth-order valence-electron chi connectivity index (χ4n) is 2.62. The lowest BCUT2D eigenvalue weighted by molar-refractivity contribution is 0.0599. The van der Waals surface area contributed by atoms with Gasteiger partial charge in [0.25, 0.3) is 0 Å². The SMILES string of the molecule is COC(=O)c1c(C)[nH]c(C(=O)CSCc2cc(F)ccc2OC)c1C. The Kier molecular flexibility index (Phi) is 6.25. The molecule has 1 N–H and O–H groups in total. The predicted octanol–water partition coefficient (Wildman–Crippen LogP) is 3.68. The molecule has 2 aromatic rings. The van der Waals surface area contributed by atoms with Crippen LogP contribution in [0.5, 0.6) is 5.75 Å². The summed E-state index contributed by atoms with van der Waals surface area (Å²) in [7, 11) is 2.82. The van der Waals surface area contributed by atoms with E-state index in [1.54, 1.807) is 19.9 Å². The van der Waals surface area contributed by atoms with Crippen LogP contribution in [-0.4, -0.2) is 36.7 Å². The maximum Gasteiger partial charge on any atom is 0.339 e. The highest BCUT2D eigenvalue weighted by Crippen LogP contribution is 2.25. The zero-order chi connectivity index (χ0) is 18.6. The summed E-state index contributed by atoms with van der Waals surface area (Å²) in [6, 6.07) is 4.29. The molecule has 134 valence electrons. The number of hydrogen-bond donors (Lipinski definition) is 1. The molecule has 0 fully saturated rings. The molecule has 0 aliphatic carbocycles. The highest BCUT2D eigenvalue weighted by atomic mass is 32.2. The van der Waals surface area contributed by atoms with Crippen molar-refractivity contribution in [1.82, 2.24) is 4.98 Å². The number of Topliss-reactive ketones (excluding diaryl/α,β-unsaturated/α-hetero) is 1. The molecule has 0 amide bonds. The molecule has 0 saturated heterocycles. The van der Waals surface area contributed by atoms with Gasteiger partial charge in [-0.1, -0.05) is 0 Å². The van der Waals surface area contributed by atoms with Gasteiger partial charge in [-0.2, -0.15) is 0 Å². The Labute approximate surface area is 149 Å². The molecular weight excluding hydrogens is 345 g/mol. The molecule has 1 aromatic heterocycles. The maximum atomic E-state index is 13.4. The Bertz CT molecular complexity index is 801. The summed E-state index contributed by atoms with van der Waals surface area (Å²) < 4.78 is 23.3. The van der Waals surface area contributed by atoms with Crippen molar-refractivity contribution in [3.8, 4) is 5.75 Å². The van der Waals surface area contributed by atoms with Gasteiger partial charge in [0.15, 0.2) is 5.78 Å². The van der Waals surface area contributed by atoms with Crippen LogP contribution in [0.25, 0.3) is 0 Å². The molecule has 0 saturated carbocycles. The molecule has 0 radical (unpaired) electrons. The maximum absolute atomic E-state index is 13.4. The lowest BCUT2D eigenvalue weighted by Crippen LogP contribution is -2.07. The molecule has 1 aromatic carbocycles. The van der Waals surface area contributed by atoms with Gasteiger partial charge in [-0.25, -0.2) is 9.18 Å². The van der Waals surface area contributed by atoms with Crippen LogP contribution in [0.1, 0.15) is 37.7 Å². The van der Waals surface area contributed by atoms with Crippen molar-refractivity contribution < 1.29 is 23.5 Å². The smallest absolute Gasteiger partial charge is 0.339 e. The number of hydrogen-bond acceptors (Lipinski definition) is 5. The quantitative estimate of drug-likeness (QED) is 0.599. The first kappa shape index (κ1) is 19.1. The lowest BCUT2D eigenvalue weighted by atomic mass is 10.1. The van der Waals surface area contributed by atoms with Gasteiger partial charge in [-0.3, -0.25) is 4.79 Å². The summed E-state index contributed by atoms with van der Waals surface area (Å²) in [5.74, 6) is 0.275. The van der Waals surface area contributed by atoms with Crippen molar-refractivity contribution in [2.75, 3.05) is 20.0 Å². The van der Waals surface area contributed by atoms with Crippen LogP contribution in [-0.2, 0) is 10.5 Å². The van der Waals surface area contributed by atoms with Gasteiger partial charge >= 0.3 is 5.97 Å². The number of rotatable bonds is 7. The summed E-state index contributed by atoms with van der Waals surface area (Å²) in [5.41, 5.74) is 2.66. The number of aryl methyl sites for hydroxylation is 1. The Hall–Kier alpha value is -2.28. The fraction of sp³-hybridized carbons (Fsp3) is 0.333. The Morgan fingerprint density at radius 1 is 1.24 bits per heavy atom. The second-order valence-corrected chi connectivity index (χ2v) is 6.47. The first-order valence-electron chi connectivity index (χ1n) is 7.59. The number of carbonyl (C=O) groups is 2. The van der Waals surface area contributed by atoms with E-state index >= 15 is 0 Å². The third kappa shape index (κ3) is 4.22. The number of esters is 1. The number of halogens is 1. The largest absolute Gasteiger partial charge is 0.496 e. The van der Waals surface area contributed by atoms with Crippen molar-refractivity contribution in [2.45, 2.75) is 19.6 Å². The van der Waals surface area contributed by atoms with E-state index in [2.05, 4.69) is 4.98 Å². The monoisotopic (exact) mass is 365 g/mol. The van der Waals surface area contributed by atoms with E-state index in [9.17, 15) is 14.0 Å². The van der Waals surface area contributed by atoms with Crippen molar-refractivity contribution in [1.29, 1.82) is 0 Å². The van der Waals surface area contributed by atoms with Crippen LogP contribution >= 0.6 is 11.8 Å². The zero-order valence-electron chi connectivity index (χ0n) is 14.6. The van der Waals surface area contributed by atoms with Gasteiger partial charge in [0, 0.05) is 17.0 Å². The van der Waals surface area contributed by atoms with E-state index in [4.69, 9.17) is 9.47 Å². The predicted molar refractivity (Wildman–Crippen MR) is 95.1 cm³/mol. The first-order valence-corrected chi connectivity index (χ1v) is 8.75. The van der Waals surface area contributed by atoms with E-state index < -0.39 is 5.97 Å². The number of ether oxygens (including phenoxy) is 2. The van der Waals surface area contributed by atoms with Gasteiger partial charge < -0.3 is 14.5 Å². The van der Waals surface area contributed by atoms with E-state index in [1.807, 2.05) is 0 Å². The van der Waals surface area contributed by atoms with Crippen LogP contribution in [0.4, 0.5) is 4.39 Å². The third-order valence-electron chi connectivity index (χ3n) is 3.84. The van der Waals surface area contributed by atoms with Gasteiger partial charge in [-0.15, -0.1) is 11.8 Å².